The molecule has 0 spiro atoms. The highest BCUT2D eigenvalue weighted by molar-refractivity contribution is 6.12. The molecule has 9 nitrogen and oxygen atoms in total. The minimum atomic E-state index is -0.697. The van der Waals surface area contributed by atoms with Crippen molar-refractivity contribution in [2.75, 3.05) is 0 Å². The topological polar surface area (TPSA) is 131 Å². The van der Waals surface area contributed by atoms with Gasteiger partial charge in [0, 0.05) is 40.9 Å². The first kappa shape index (κ1) is 17.2. The molecule has 9 heteroatoms. The number of benzene rings is 2. The fraction of sp³-hybridized carbons (Fsp3) is 0. The fourth-order valence-corrected chi connectivity index (χ4v) is 2.81. The summed E-state index contributed by atoms with van der Waals surface area (Å²) in [5, 5.41) is 29.9. The highest BCUT2D eigenvalue weighted by atomic mass is 16.6. The zero-order valence-corrected chi connectivity index (χ0v) is 14.2. The number of carbonyl (C=O) groups is 1. The summed E-state index contributed by atoms with van der Waals surface area (Å²) in [5.41, 5.74) is 1.13. The van der Waals surface area contributed by atoms with Gasteiger partial charge in [-0.2, -0.15) is 0 Å². The van der Waals surface area contributed by atoms with Gasteiger partial charge in [-0.1, -0.05) is 0 Å². The van der Waals surface area contributed by atoms with Crippen LogP contribution < -0.4 is 0 Å². The molecule has 1 N–H and O–H groups in total. The molecule has 0 unspecified atom stereocenters. The normalized spacial score (nSPS) is 11.3. The van der Waals surface area contributed by atoms with Crippen molar-refractivity contribution < 1.29 is 14.8 Å². The summed E-state index contributed by atoms with van der Waals surface area (Å²) in [6.07, 6.45) is 3.19. The van der Waals surface area contributed by atoms with Crippen LogP contribution in [0.15, 0.2) is 71.2 Å². The molecule has 0 bridgehead atoms. The summed E-state index contributed by atoms with van der Waals surface area (Å²) < 4.78 is 0. The molecule has 2 aromatic heterocycles. The Morgan fingerprint density at radius 1 is 0.964 bits per heavy atom. The van der Waals surface area contributed by atoms with Crippen molar-refractivity contribution in [3.05, 3.63) is 76.6 Å². The average Bonchev–Trinajstić information content (AvgIpc) is 2.73. The van der Waals surface area contributed by atoms with Crippen molar-refractivity contribution in [3.63, 3.8) is 0 Å². The Bertz CT molecular complexity index is 1270. The lowest BCUT2D eigenvalue weighted by Crippen LogP contribution is -1.95. The van der Waals surface area contributed by atoms with E-state index in [-0.39, 0.29) is 22.7 Å². The van der Waals surface area contributed by atoms with Crippen LogP contribution in [0.4, 0.5) is 11.4 Å². The van der Waals surface area contributed by atoms with Crippen LogP contribution in [0, 0.1) is 10.1 Å². The van der Waals surface area contributed by atoms with Crippen LogP contribution in [0.3, 0.4) is 0 Å². The second-order valence-electron chi connectivity index (χ2n) is 5.81. The first-order valence-corrected chi connectivity index (χ1v) is 8.11. The minimum absolute atomic E-state index is 0.0962. The van der Waals surface area contributed by atoms with E-state index in [2.05, 4.69) is 20.2 Å². The van der Waals surface area contributed by atoms with Crippen molar-refractivity contribution in [3.8, 4) is 5.75 Å². The number of hydrogen-bond acceptors (Lipinski definition) is 7. The zero-order valence-electron chi connectivity index (χ0n) is 14.2. The Kier molecular flexibility index (Phi) is 4.17. The van der Waals surface area contributed by atoms with Crippen LogP contribution in [-0.4, -0.2) is 25.9 Å². The number of phenols is 1. The summed E-state index contributed by atoms with van der Waals surface area (Å²) in [7, 11) is 0. The van der Waals surface area contributed by atoms with Crippen molar-refractivity contribution >= 4 is 39.1 Å². The molecule has 0 aliphatic carbocycles. The van der Waals surface area contributed by atoms with Crippen LogP contribution in [0.2, 0.25) is 0 Å². The van der Waals surface area contributed by atoms with E-state index >= 15 is 0 Å². The first-order chi connectivity index (χ1) is 13.6. The molecule has 0 atom stereocenters. The average molecular weight is 373 g/mol. The number of aromatic hydroxyl groups is 1. The standard InChI is InChI=1S/C19H11N5O4/c25-18-14-4-2-10-21-16(14)15-13(3-1-9-20-15)17(18)22-23-19(26)11-5-7-12(8-6-11)24(27)28/h1-10,25H. The van der Waals surface area contributed by atoms with E-state index in [0.717, 1.165) is 0 Å². The van der Waals surface area contributed by atoms with Gasteiger partial charge in [0.1, 0.15) is 11.2 Å². The molecule has 4 rings (SSSR count). The van der Waals surface area contributed by atoms with Gasteiger partial charge in [0.05, 0.1) is 10.4 Å². The van der Waals surface area contributed by atoms with Crippen molar-refractivity contribution in [1.29, 1.82) is 0 Å². The maximum absolute atomic E-state index is 12.3. The molecule has 4 aromatic rings. The van der Waals surface area contributed by atoms with Gasteiger partial charge in [-0.3, -0.25) is 24.9 Å². The van der Waals surface area contributed by atoms with E-state index in [4.69, 9.17) is 0 Å². The number of rotatable bonds is 3. The Morgan fingerprint density at radius 2 is 1.57 bits per heavy atom. The lowest BCUT2D eigenvalue weighted by Gasteiger charge is -2.08. The Balaban J connectivity index is 1.79. The largest absolute Gasteiger partial charge is 0.505 e. The van der Waals surface area contributed by atoms with Crippen LogP contribution in [0.1, 0.15) is 10.4 Å². The van der Waals surface area contributed by atoms with E-state index in [1.54, 1.807) is 36.7 Å². The van der Waals surface area contributed by atoms with Gasteiger partial charge >= 0.3 is 0 Å². The number of nitro groups is 1. The number of pyridine rings is 2. The van der Waals surface area contributed by atoms with E-state index in [9.17, 15) is 20.0 Å². The van der Waals surface area contributed by atoms with Crippen molar-refractivity contribution in [2.45, 2.75) is 0 Å². The lowest BCUT2D eigenvalue weighted by atomic mass is 10.1. The van der Waals surface area contributed by atoms with Gasteiger partial charge in [0.2, 0.25) is 0 Å². The summed E-state index contributed by atoms with van der Waals surface area (Å²) in [6, 6.07) is 11.7. The lowest BCUT2D eigenvalue weighted by molar-refractivity contribution is -0.384. The van der Waals surface area contributed by atoms with E-state index < -0.39 is 10.8 Å². The fourth-order valence-electron chi connectivity index (χ4n) is 2.81. The van der Waals surface area contributed by atoms with Gasteiger partial charge in [0.25, 0.3) is 11.6 Å². The number of azo groups is 1. The van der Waals surface area contributed by atoms with Gasteiger partial charge in [-0.05, 0) is 36.4 Å². The molecule has 28 heavy (non-hydrogen) atoms. The number of hydrogen-bond donors (Lipinski definition) is 1. The highest BCUT2D eigenvalue weighted by Gasteiger charge is 2.16. The molecule has 0 aliphatic heterocycles. The number of nitrogens with zero attached hydrogens (tertiary/aromatic N) is 5. The Morgan fingerprint density at radius 3 is 2.21 bits per heavy atom. The summed E-state index contributed by atoms with van der Waals surface area (Å²) in [6.45, 7) is 0. The SMILES string of the molecule is O=C(N=Nc1c(O)c2cccnc2c2ncccc12)c1ccc([N+](=O)[O-])cc1. The zero-order chi connectivity index (χ0) is 19.7. The number of aromatic nitrogens is 2. The third-order valence-corrected chi connectivity index (χ3v) is 4.14. The van der Waals surface area contributed by atoms with E-state index in [1.807, 2.05) is 0 Å². The van der Waals surface area contributed by atoms with Crippen LogP contribution in [0.5, 0.6) is 5.75 Å². The number of nitro benzene ring substituents is 1. The Labute approximate surface area is 157 Å². The van der Waals surface area contributed by atoms with E-state index in [1.165, 1.54) is 24.3 Å². The van der Waals surface area contributed by atoms with E-state index in [0.29, 0.717) is 21.8 Å². The first-order valence-electron chi connectivity index (χ1n) is 8.11. The highest BCUT2D eigenvalue weighted by Crippen LogP contribution is 2.41. The summed E-state index contributed by atoms with van der Waals surface area (Å²) >= 11 is 0. The van der Waals surface area contributed by atoms with Gasteiger partial charge in [-0.25, -0.2) is 0 Å². The third-order valence-electron chi connectivity index (χ3n) is 4.14. The summed E-state index contributed by atoms with van der Waals surface area (Å²) in [4.78, 5) is 31.0. The van der Waals surface area contributed by atoms with Crippen LogP contribution >= 0.6 is 0 Å². The monoisotopic (exact) mass is 373 g/mol. The van der Waals surface area contributed by atoms with Gasteiger partial charge in [-0.15, -0.1) is 10.2 Å². The number of amides is 1. The molecular weight excluding hydrogens is 362 g/mol. The molecule has 0 saturated heterocycles. The molecule has 2 heterocycles. The predicted molar refractivity (Wildman–Crippen MR) is 101 cm³/mol. The number of carbonyl (C=O) groups excluding carboxylic acids is 1. The Hall–Kier alpha value is -4.27. The molecule has 0 fully saturated rings. The molecular formula is C19H11N5O4. The molecule has 0 radical (unpaired) electrons. The maximum Gasteiger partial charge on any atom is 0.295 e. The maximum atomic E-state index is 12.3. The van der Waals surface area contributed by atoms with Crippen molar-refractivity contribution in [1.82, 2.24) is 9.97 Å². The number of fused-ring (bicyclic) bond motifs is 3. The number of phenolic OH excluding ortho intramolecular Hbond substituents is 1. The number of non-ortho nitro benzene ring substituents is 1. The van der Waals surface area contributed by atoms with Crippen LogP contribution in [0.25, 0.3) is 21.8 Å². The second-order valence-corrected chi connectivity index (χ2v) is 5.81. The molecule has 2 aromatic carbocycles. The van der Waals surface area contributed by atoms with Gasteiger partial charge < -0.3 is 5.11 Å². The smallest absolute Gasteiger partial charge is 0.295 e. The summed E-state index contributed by atoms with van der Waals surface area (Å²) in [5.74, 6) is -0.860. The quantitative estimate of drug-likeness (QED) is 0.246. The minimum Gasteiger partial charge on any atom is -0.505 e. The van der Waals surface area contributed by atoms with Gasteiger partial charge in [0.15, 0.2) is 5.75 Å². The van der Waals surface area contributed by atoms with Crippen molar-refractivity contribution in [2.24, 2.45) is 10.2 Å². The molecule has 0 saturated carbocycles. The molecule has 0 aliphatic rings. The van der Waals surface area contributed by atoms with Crippen LogP contribution in [-0.2, 0) is 0 Å². The molecule has 136 valence electrons. The molecule has 1 amide bonds. The third kappa shape index (κ3) is 2.90. The predicted octanol–water partition coefficient (Wildman–Crippen LogP) is 4.32. The second kappa shape index (κ2) is 6.80.